The van der Waals surface area contributed by atoms with E-state index in [1.54, 1.807) is 6.20 Å². The third-order valence-corrected chi connectivity index (χ3v) is 2.01. The van der Waals surface area contributed by atoms with Crippen molar-refractivity contribution < 1.29 is 0 Å². The average Bonchev–Trinajstić information content (AvgIpc) is 2.20. The van der Waals surface area contributed by atoms with Crippen LogP contribution in [0, 0.1) is 6.92 Å². The Hall–Kier alpha value is -1.51. The minimum absolute atomic E-state index is 0.304. The standard InChI is InChI=1S/C10H11N3/c1-8-7-11-10(13-12-8)9-5-3-2-4-6-9/h2-5,7,9H,6H2,1H3. The van der Waals surface area contributed by atoms with Crippen LogP contribution in [0.1, 0.15) is 23.9 Å². The average molecular weight is 173 g/mol. The van der Waals surface area contributed by atoms with Gasteiger partial charge in [-0.05, 0) is 13.3 Å². The van der Waals surface area contributed by atoms with Gasteiger partial charge in [0.05, 0.1) is 11.9 Å². The maximum absolute atomic E-state index is 4.24. The summed E-state index contributed by atoms with van der Waals surface area (Å²) in [6, 6.07) is 0. The molecule has 1 aliphatic carbocycles. The Labute approximate surface area is 77.2 Å². The van der Waals surface area contributed by atoms with Crippen LogP contribution in [-0.4, -0.2) is 15.2 Å². The molecule has 3 heteroatoms. The highest BCUT2D eigenvalue weighted by Crippen LogP contribution is 2.20. The summed E-state index contributed by atoms with van der Waals surface area (Å²) < 4.78 is 0. The summed E-state index contributed by atoms with van der Waals surface area (Å²) in [5, 5.41) is 8.04. The minimum atomic E-state index is 0.304. The summed E-state index contributed by atoms with van der Waals surface area (Å²) in [6.45, 7) is 1.89. The molecule has 66 valence electrons. The first-order valence-electron chi connectivity index (χ1n) is 4.36. The van der Waals surface area contributed by atoms with E-state index in [0.29, 0.717) is 5.92 Å². The Morgan fingerprint density at radius 1 is 1.31 bits per heavy atom. The first-order chi connectivity index (χ1) is 6.36. The third kappa shape index (κ3) is 1.80. The van der Waals surface area contributed by atoms with E-state index in [2.05, 4.69) is 27.3 Å². The molecule has 1 aliphatic rings. The van der Waals surface area contributed by atoms with Crippen molar-refractivity contribution in [2.75, 3.05) is 0 Å². The Kier molecular flexibility index (Phi) is 2.17. The number of nitrogens with zero attached hydrogens (tertiary/aromatic N) is 3. The zero-order valence-corrected chi connectivity index (χ0v) is 7.51. The second-order valence-electron chi connectivity index (χ2n) is 3.11. The van der Waals surface area contributed by atoms with Crippen LogP contribution in [0.3, 0.4) is 0 Å². The van der Waals surface area contributed by atoms with Crippen molar-refractivity contribution in [3.63, 3.8) is 0 Å². The van der Waals surface area contributed by atoms with Gasteiger partial charge in [0, 0.05) is 5.92 Å². The number of aromatic nitrogens is 3. The maximum Gasteiger partial charge on any atom is 0.158 e. The zero-order valence-electron chi connectivity index (χ0n) is 7.51. The van der Waals surface area contributed by atoms with Crippen LogP contribution in [0.4, 0.5) is 0 Å². The van der Waals surface area contributed by atoms with Gasteiger partial charge >= 0.3 is 0 Å². The van der Waals surface area contributed by atoms with Gasteiger partial charge in [-0.2, -0.15) is 5.10 Å². The topological polar surface area (TPSA) is 38.7 Å². The molecule has 0 fully saturated rings. The minimum Gasteiger partial charge on any atom is -0.237 e. The molecule has 1 aromatic rings. The molecule has 0 bridgehead atoms. The van der Waals surface area contributed by atoms with Crippen LogP contribution < -0.4 is 0 Å². The van der Waals surface area contributed by atoms with Crippen LogP contribution in [0.25, 0.3) is 0 Å². The number of hydrogen-bond donors (Lipinski definition) is 0. The third-order valence-electron chi connectivity index (χ3n) is 2.01. The van der Waals surface area contributed by atoms with E-state index in [9.17, 15) is 0 Å². The van der Waals surface area contributed by atoms with Crippen molar-refractivity contribution in [2.45, 2.75) is 19.3 Å². The van der Waals surface area contributed by atoms with E-state index < -0.39 is 0 Å². The van der Waals surface area contributed by atoms with Crippen LogP contribution in [0.2, 0.25) is 0 Å². The number of aryl methyl sites for hydroxylation is 1. The van der Waals surface area contributed by atoms with E-state index in [0.717, 1.165) is 17.9 Å². The first-order valence-corrected chi connectivity index (χ1v) is 4.36. The molecule has 0 saturated carbocycles. The lowest BCUT2D eigenvalue weighted by atomic mass is 10.0. The highest BCUT2D eigenvalue weighted by molar-refractivity contribution is 5.18. The fraction of sp³-hybridized carbons (Fsp3) is 0.300. The molecule has 0 aliphatic heterocycles. The lowest BCUT2D eigenvalue weighted by Gasteiger charge is -2.09. The van der Waals surface area contributed by atoms with Crippen LogP contribution in [-0.2, 0) is 0 Å². The normalized spacial score (nSPS) is 20.5. The molecule has 0 radical (unpaired) electrons. The number of hydrogen-bond acceptors (Lipinski definition) is 3. The smallest absolute Gasteiger partial charge is 0.158 e. The molecule has 2 rings (SSSR count). The maximum atomic E-state index is 4.24. The van der Waals surface area contributed by atoms with Crippen molar-refractivity contribution in [3.8, 4) is 0 Å². The van der Waals surface area contributed by atoms with Gasteiger partial charge in [0.2, 0.25) is 0 Å². The monoisotopic (exact) mass is 173 g/mol. The fourth-order valence-corrected chi connectivity index (χ4v) is 1.28. The summed E-state index contributed by atoms with van der Waals surface area (Å²) in [6.07, 6.45) is 11.0. The first kappa shape index (κ1) is 8.10. The largest absolute Gasteiger partial charge is 0.237 e. The molecule has 3 nitrogen and oxygen atoms in total. The summed E-state index contributed by atoms with van der Waals surface area (Å²) in [5.41, 5.74) is 0.860. The molecule has 1 heterocycles. The van der Waals surface area contributed by atoms with Gasteiger partial charge in [-0.3, -0.25) is 0 Å². The zero-order chi connectivity index (χ0) is 9.10. The Morgan fingerprint density at radius 3 is 2.85 bits per heavy atom. The second kappa shape index (κ2) is 3.47. The van der Waals surface area contributed by atoms with Crippen LogP contribution >= 0.6 is 0 Å². The molecule has 0 spiro atoms. The predicted molar refractivity (Wildman–Crippen MR) is 50.2 cm³/mol. The molecule has 13 heavy (non-hydrogen) atoms. The molecule has 1 atom stereocenters. The van der Waals surface area contributed by atoms with Gasteiger partial charge in [-0.1, -0.05) is 24.3 Å². The molecule has 0 amide bonds. The molecule has 0 saturated heterocycles. The van der Waals surface area contributed by atoms with Gasteiger partial charge < -0.3 is 0 Å². The lowest BCUT2D eigenvalue weighted by Crippen LogP contribution is -2.04. The van der Waals surface area contributed by atoms with Gasteiger partial charge in [0.15, 0.2) is 5.82 Å². The van der Waals surface area contributed by atoms with Crippen molar-refractivity contribution in [3.05, 3.63) is 42.0 Å². The highest BCUT2D eigenvalue weighted by atomic mass is 15.2. The molecular weight excluding hydrogens is 162 g/mol. The summed E-state index contributed by atoms with van der Waals surface area (Å²) >= 11 is 0. The van der Waals surface area contributed by atoms with Crippen LogP contribution in [0.15, 0.2) is 30.5 Å². The van der Waals surface area contributed by atoms with Crippen molar-refractivity contribution >= 4 is 0 Å². The Bertz CT molecular complexity index is 338. The van der Waals surface area contributed by atoms with Gasteiger partial charge in [-0.25, -0.2) is 4.98 Å². The van der Waals surface area contributed by atoms with E-state index >= 15 is 0 Å². The van der Waals surface area contributed by atoms with Crippen molar-refractivity contribution in [1.29, 1.82) is 0 Å². The summed E-state index contributed by atoms with van der Waals surface area (Å²) in [4.78, 5) is 4.24. The Morgan fingerprint density at radius 2 is 2.23 bits per heavy atom. The highest BCUT2D eigenvalue weighted by Gasteiger charge is 2.11. The number of allylic oxidation sites excluding steroid dienone is 4. The Balaban J connectivity index is 2.21. The SMILES string of the molecule is Cc1cnc(C2C=CC=CC2)nn1. The van der Waals surface area contributed by atoms with E-state index in [-0.39, 0.29) is 0 Å². The summed E-state index contributed by atoms with van der Waals surface area (Å²) in [5.74, 6) is 1.12. The molecule has 0 N–H and O–H groups in total. The predicted octanol–water partition coefficient (Wildman–Crippen LogP) is 1.78. The number of rotatable bonds is 1. The second-order valence-corrected chi connectivity index (χ2v) is 3.11. The molecule has 0 aromatic carbocycles. The van der Waals surface area contributed by atoms with E-state index in [1.165, 1.54) is 0 Å². The van der Waals surface area contributed by atoms with Crippen molar-refractivity contribution in [1.82, 2.24) is 15.2 Å². The summed E-state index contributed by atoms with van der Waals surface area (Å²) in [7, 11) is 0. The fourth-order valence-electron chi connectivity index (χ4n) is 1.28. The van der Waals surface area contributed by atoms with Gasteiger partial charge in [0.25, 0.3) is 0 Å². The van der Waals surface area contributed by atoms with Crippen LogP contribution in [0.5, 0.6) is 0 Å². The molecule has 1 aromatic heterocycles. The van der Waals surface area contributed by atoms with E-state index in [1.807, 2.05) is 19.1 Å². The van der Waals surface area contributed by atoms with Gasteiger partial charge in [0.1, 0.15) is 0 Å². The van der Waals surface area contributed by atoms with E-state index in [4.69, 9.17) is 0 Å². The quantitative estimate of drug-likeness (QED) is 0.649. The lowest BCUT2D eigenvalue weighted by molar-refractivity contribution is 0.727. The molecule has 1 unspecified atom stereocenters. The molecular formula is C10H11N3. The van der Waals surface area contributed by atoms with Gasteiger partial charge in [-0.15, -0.1) is 5.10 Å². The van der Waals surface area contributed by atoms with Crippen molar-refractivity contribution in [2.24, 2.45) is 0 Å².